The van der Waals surface area contributed by atoms with Gasteiger partial charge in [-0.2, -0.15) is 0 Å². The number of likely N-dealkylation sites (tertiary alicyclic amines) is 1. The van der Waals surface area contributed by atoms with Crippen molar-refractivity contribution < 1.29 is 4.79 Å². The predicted octanol–water partition coefficient (Wildman–Crippen LogP) is 0.995. The van der Waals surface area contributed by atoms with Gasteiger partial charge in [-0.25, -0.2) is 0 Å². The van der Waals surface area contributed by atoms with Crippen molar-refractivity contribution in [2.45, 2.75) is 45.2 Å². The molecule has 0 spiro atoms. The maximum absolute atomic E-state index is 11.4. The van der Waals surface area contributed by atoms with E-state index in [2.05, 4.69) is 17.3 Å². The molecule has 0 aromatic carbocycles. The minimum absolute atomic E-state index is 0.189. The Morgan fingerprint density at radius 2 is 2.31 bits per heavy atom. The van der Waals surface area contributed by atoms with E-state index in [0.29, 0.717) is 12.5 Å². The van der Waals surface area contributed by atoms with E-state index >= 15 is 0 Å². The lowest BCUT2D eigenvalue weighted by molar-refractivity contribution is -0.122. The molecule has 1 fully saturated rings. The van der Waals surface area contributed by atoms with Gasteiger partial charge in [0.2, 0.25) is 5.91 Å². The smallest absolute Gasteiger partial charge is 0.221 e. The molecule has 3 heteroatoms. The molecular formula is C10H20N2O. The van der Waals surface area contributed by atoms with Crippen LogP contribution in [-0.4, -0.2) is 36.5 Å². The van der Waals surface area contributed by atoms with Crippen LogP contribution in [0.5, 0.6) is 0 Å². The average Bonchev–Trinajstić information content (AvgIpc) is 2.34. The molecule has 1 saturated heterocycles. The van der Waals surface area contributed by atoms with E-state index in [9.17, 15) is 4.79 Å². The molecule has 0 saturated carbocycles. The van der Waals surface area contributed by atoms with Crippen LogP contribution in [0.3, 0.4) is 0 Å². The van der Waals surface area contributed by atoms with E-state index in [4.69, 9.17) is 0 Å². The standard InChI is InChI=1S/C10H20N2O/c1-8(2)11-10(13)7-9-5-4-6-12(9)3/h8-9H,4-7H2,1-3H3,(H,11,13). The first-order chi connectivity index (χ1) is 6.09. The van der Waals surface area contributed by atoms with Crippen LogP contribution in [-0.2, 0) is 4.79 Å². The Balaban J connectivity index is 2.27. The molecule has 1 heterocycles. The van der Waals surface area contributed by atoms with Crippen LogP contribution in [0, 0.1) is 0 Å². The normalized spacial score (nSPS) is 23.8. The fraction of sp³-hybridized carbons (Fsp3) is 0.900. The summed E-state index contributed by atoms with van der Waals surface area (Å²) in [6, 6.07) is 0.734. The zero-order valence-corrected chi connectivity index (χ0v) is 8.84. The van der Waals surface area contributed by atoms with Gasteiger partial charge in [-0.3, -0.25) is 4.79 Å². The molecule has 13 heavy (non-hydrogen) atoms. The number of carbonyl (C=O) groups is 1. The molecule has 1 amide bonds. The van der Waals surface area contributed by atoms with Crippen molar-refractivity contribution >= 4 is 5.91 Å². The SMILES string of the molecule is CC(C)NC(=O)CC1CCCN1C. The van der Waals surface area contributed by atoms with E-state index in [1.54, 1.807) is 0 Å². The number of hydrogen-bond donors (Lipinski definition) is 1. The van der Waals surface area contributed by atoms with E-state index in [1.165, 1.54) is 12.8 Å². The second kappa shape index (κ2) is 4.61. The molecule has 0 aliphatic carbocycles. The third kappa shape index (κ3) is 3.35. The lowest BCUT2D eigenvalue weighted by atomic mass is 10.1. The summed E-state index contributed by atoms with van der Waals surface area (Å²) in [5.74, 6) is 0.189. The molecule has 1 unspecified atom stereocenters. The summed E-state index contributed by atoms with van der Waals surface area (Å²) in [6.45, 7) is 5.13. The summed E-state index contributed by atoms with van der Waals surface area (Å²) in [6.07, 6.45) is 3.06. The lowest BCUT2D eigenvalue weighted by Crippen LogP contribution is -2.36. The summed E-state index contributed by atoms with van der Waals surface area (Å²) in [7, 11) is 2.10. The third-order valence-electron chi connectivity index (χ3n) is 2.54. The van der Waals surface area contributed by atoms with Crippen molar-refractivity contribution in [3.63, 3.8) is 0 Å². The van der Waals surface area contributed by atoms with Crippen molar-refractivity contribution in [1.82, 2.24) is 10.2 Å². The summed E-state index contributed by atoms with van der Waals surface area (Å²) in [5, 5.41) is 2.92. The van der Waals surface area contributed by atoms with Crippen LogP contribution in [0.15, 0.2) is 0 Å². The highest BCUT2D eigenvalue weighted by Gasteiger charge is 2.23. The van der Waals surface area contributed by atoms with Crippen molar-refractivity contribution in [2.24, 2.45) is 0 Å². The highest BCUT2D eigenvalue weighted by molar-refractivity contribution is 5.76. The van der Waals surface area contributed by atoms with Gasteiger partial charge in [0.15, 0.2) is 0 Å². The quantitative estimate of drug-likeness (QED) is 0.709. The van der Waals surface area contributed by atoms with Gasteiger partial charge in [0.05, 0.1) is 0 Å². The van der Waals surface area contributed by atoms with Gasteiger partial charge in [-0.1, -0.05) is 0 Å². The number of carbonyl (C=O) groups excluding carboxylic acids is 1. The molecular weight excluding hydrogens is 164 g/mol. The van der Waals surface area contributed by atoms with Crippen LogP contribution >= 0.6 is 0 Å². The van der Waals surface area contributed by atoms with Gasteiger partial charge in [0.25, 0.3) is 0 Å². The largest absolute Gasteiger partial charge is 0.354 e. The third-order valence-corrected chi connectivity index (χ3v) is 2.54. The number of amides is 1. The minimum Gasteiger partial charge on any atom is -0.354 e. The van der Waals surface area contributed by atoms with Gasteiger partial charge in [0, 0.05) is 18.5 Å². The van der Waals surface area contributed by atoms with Crippen molar-refractivity contribution in [3.05, 3.63) is 0 Å². The van der Waals surface area contributed by atoms with E-state index in [-0.39, 0.29) is 11.9 Å². The minimum atomic E-state index is 0.189. The monoisotopic (exact) mass is 184 g/mol. The van der Waals surface area contributed by atoms with Crippen LogP contribution < -0.4 is 5.32 Å². The Bertz CT molecular complexity index is 180. The Kier molecular flexibility index (Phi) is 3.72. The van der Waals surface area contributed by atoms with Crippen molar-refractivity contribution in [2.75, 3.05) is 13.6 Å². The molecule has 0 radical (unpaired) electrons. The Hall–Kier alpha value is -0.570. The van der Waals surface area contributed by atoms with Gasteiger partial charge in [-0.05, 0) is 40.3 Å². The molecule has 0 aromatic heterocycles. The predicted molar refractivity (Wildman–Crippen MR) is 53.5 cm³/mol. The summed E-state index contributed by atoms with van der Waals surface area (Å²) < 4.78 is 0. The first kappa shape index (κ1) is 10.5. The van der Waals surface area contributed by atoms with Crippen molar-refractivity contribution in [1.29, 1.82) is 0 Å². The number of rotatable bonds is 3. The highest BCUT2D eigenvalue weighted by Crippen LogP contribution is 2.17. The number of hydrogen-bond acceptors (Lipinski definition) is 2. The van der Waals surface area contributed by atoms with E-state index in [1.807, 2.05) is 13.8 Å². The van der Waals surface area contributed by atoms with Crippen LogP contribution in [0.4, 0.5) is 0 Å². The van der Waals surface area contributed by atoms with Gasteiger partial charge in [0.1, 0.15) is 0 Å². The molecule has 0 aromatic rings. The molecule has 0 bridgehead atoms. The van der Waals surface area contributed by atoms with Gasteiger partial charge >= 0.3 is 0 Å². The topological polar surface area (TPSA) is 32.3 Å². The molecule has 76 valence electrons. The molecule has 1 aliphatic heterocycles. The Morgan fingerprint density at radius 3 is 2.77 bits per heavy atom. The van der Waals surface area contributed by atoms with Gasteiger partial charge in [-0.15, -0.1) is 0 Å². The van der Waals surface area contributed by atoms with Crippen LogP contribution in [0.2, 0.25) is 0 Å². The molecule has 1 aliphatic rings. The molecule has 1 atom stereocenters. The molecule has 1 rings (SSSR count). The second-order valence-corrected chi connectivity index (χ2v) is 4.20. The first-order valence-corrected chi connectivity index (χ1v) is 5.09. The second-order valence-electron chi connectivity index (χ2n) is 4.20. The summed E-state index contributed by atoms with van der Waals surface area (Å²) in [4.78, 5) is 13.7. The maximum Gasteiger partial charge on any atom is 0.221 e. The molecule has 3 nitrogen and oxygen atoms in total. The van der Waals surface area contributed by atoms with Crippen molar-refractivity contribution in [3.8, 4) is 0 Å². The fourth-order valence-corrected chi connectivity index (χ4v) is 1.83. The Labute approximate surface area is 80.5 Å². The Morgan fingerprint density at radius 1 is 1.62 bits per heavy atom. The van der Waals surface area contributed by atoms with Crippen LogP contribution in [0.25, 0.3) is 0 Å². The lowest BCUT2D eigenvalue weighted by Gasteiger charge is -2.19. The van der Waals surface area contributed by atoms with Gasteiger partial charge < -0.3 is 10.2 Å². The maximum atomic E-state index is 11.4. The first-order valence-electron chi connectivity index (χ1n) is 5.09. The summed E-state index contributed by atoms with van der Waals surface area (Å²) in [5.41, 5.74) is 0. The highest BCUT2D eigenvalue weighted by atomic mass is 16.1. The molecule has 1 N–H and O–H groups in total. The van der Waals surface area contributed by atoms with E-state index in [0.717, 1.165) is 6.54 Å². The zero-order valence-electron chi connectivity index (χ0n) is 8.84. The summed E-state index contributed by atoms with van der Waals surface area (Å²) >= 11 is 0. The fourth-order valence-electron chi connectivity index (χ4n) is 1.83. The van der Waals surface area contributed by atoms with E-state index < -0.39 is 0 Å². The number of nitrogens with zero attached hydrogens (tertiary/aromatic N) is 1. The number of nitrogens with one attached hydrogen (secondary N) is 1. The average molecular weight is 184 g/mol. The van der Waals surface area contributed by atoms with Crippen LogP contribution in [0.1, 0.15) is 33.1 Å². The zero-order chi connectivity index (χ0) is 9.84.